The molecule has 0 radical (unpaired) electrons. The summed E-state index contributed by atoms with van der Waals surface area (Å²) in [5.41, 5.74) is 26.7. The molecule has 0 aromatic rings. The summed E-state index contributed by atoms with van der Waals surface area (Å²) in [5.74, 6) is 0. The van der Waals surface area contributed by atoms with Gasteiger partial charge in [0.2, 0.25) is 0 Å². The summed E-state index contributed by atoms with van der Waals surface area (Å²) in [6, 6.07) is 0. The Labute approximate surface area is 120 Å². The van der Waals surface area contributed by atoms with Crippen LogP contribution < -0.4 is 22.9 Å². The van der Waals surface area contributed by atoms with Gasteiger partial charge in [0.25, 0.3) is 0 Å². The van der Waals surface area contributed by atoms with Gasteiger partial charge >= 0.3 is 0 Å². The van der Waals surface area contributed by atoms with E-state index in [2.05, 4.69) is 13.8 Å². The highest BCUT2D eigenvalue weighted by Gasteiger charge is 2.24. The maximum atomic E-state index is 5.97. The quantitative estimate of drug-likeness (QED) is 0.569. The van der Waals surface area contributed by atoms with E-state index in [0.29, 0.717) is 0 Å². The van der Waals surface area contributed by atoms with E-state index in [1.807, 2.05) is 36.5 Å². The fourth-order valence-electron chi connectivity index (χ4n) is 2.64. The van der Waals surface area contributed by atoms with Gasteiger partial charge in [-0.25, -0.2) is 0 Å². The zero-order valence-electron chi connectivity index (χ0n) is 12.2. The Bertz CT molecular complexity index is 507. The molecule has 0 aliphatic heterocycles. The fourth-order valence-corrected chi connectivity index (χ4v) is 2.64. The Hall–Kier alpha value is -1.46. The molecule has 4 nitrogen and oxygen atoms in total. The minimum absolute atomic E-state index is 0.866. The Morgan fingerprint density at radius 2 is 1.10 bits per heavy atom. The molecular weight excluding hydrogens is 248 g/mol. The lowest BCUT2D eigenvalue weighted by atomic mass is 9.83. The molecule has 0 fully saturated rings. The molecule has 8 N–H and O–H groups in total. The summed E-state index contributed by atoms with van der Waals surface area (Å²) in [7, 11) is 0. The first-order valence-electron chi connectivity index (χ1n) is 7.00. The molecule has 20 heavy (non-hydrogen) atoms. The van der Waals surface area contributed by atoms with E-state index in [0.717, 1.165) is 35.1 Å². The van der Waals surface area contributed by atoms with Crippen molar-refractivity contribution in [3.8, 4) is 0 Å². The van der Waals surface area contributed by atoms with E-state index >= 15 is 0 Å². The smallest absolute Gasteiger partial charge is 0.103 e. The molecule has 0 heterocycles. The highest BCUT2D eigenvalue weighted by molar-refractivity contribution is 5.60. The molecule has 2 aliphatic rings. The molecule has 0 amide bonds. The molecule has 0 spiro atoms. The minimum atomic E-state index is -0.866. The minimum Gasteiger partial charge on any atom is -0.307 e. The summed E-state index contributed by atoms with van der Waals surface area (Å²) in [6.45, 7) is 4.19. The van der Waals surface area contributed by atoms with Gasteiger partial charge in [-0.2, -0.15) is 0 Å². The number of allylic oxidation sites excluding steroid dienone is 6. The first-order chi connectivity index (χ1) is 9.28. The van der Waals surface area contributed by atoms with Crippen LogP contribution in [0.2, 0.25) is 0 Å². The van der Waals surface area contributed by atoms with Gasteiger partial charge in [-0.05, 0) is 59.4 Å². The van der Waals surface area contributed by atoms with Crippen molar-refractivity contribution >= 4 is 0 Å². The van der Waals surface area contributed by atoms with Crippen molar-refractivity contribution in [2.24, 2.45) is 22.9 Å². The molecule has 108 valence electrons. The van der Waals surface area contributed by atoms with Crippen molar-refractivity contribution in [2.75, 3.05) is 0 Å². The van der Waals surface area contributed by atoms with Crippen molar-refractivity contribution in [2.45, 2.75) is 38.0 Å². The van der Waals surface area contributed by atoms with Crippen LogP contribution in [0.5, 0.6) is 0 Å². The predicted molar refractivity (Wildman–Crippen MR) is 84.3 cm³/mol. The number of rotatable bonds is 2. The first kappa shape index (κ1) is 14.9. The maximum absolute atomic E-state index is 5.97. The van der Waals surface area contributed by atoms with Crippen LogP contribution >= 0.6 is 0 Å². The molecule has 2 rings (SSSR count). The van der Waals surface area contributed by atoms with Crippen LogP contribution in [0.1, 0.15) is 26.7 Å². The largest absolute Gasteiger partial charge is 0.307 e. The van der Waals surface area contributed by atoms with Crippen LogP contribution in [0.15, 0.2) is 58.7 Å². The van der Waals surface area contributed by atoms with E-state index in [4.69, 9.17) is 22.9 Å². The monoisotopic (exact) mass is 272 g/mol. The zero-order chi connectivity index (χ0) is 15.0. The molecule has 0 unspecified atom stereocenters. The molecule has 2 aliphatic carbocycles. The van der Waals surface area contributed by atoms with Crippen molar-refractivity contribution < 1.29 is 0 Å². The fraction of sp³-hybridized carbons (Fsp3) is 0.375. The second-order valence-corrected chi connectivity index (χ2v) is 5.54. The topological polar surface area (TPSA) is 104 Å². The van der Waals surface area contributed by atoms with Gasteiger partial charge in [0.05, 0.1) is 0 Å². The van der Waals surface area contributed by atoms with Gasteiger partial charge in [-0.1, -0.05) is 26.0 Å². The maximum Gasteiger partial charge on any atom is 0.103 e. The summed E-state index contributed by atoms with van der Waals surface area (Å²) in [6.07, 6.45) is 13.2. The predicted octanol–water partition coefficient (Wildman–Crippen LogP) is 1.32. The van der Waals surface area contributed by atoms with E-state index in [-0.39, 0.29) is 0 Å². The van der Waals surface area contributed by atoms with Crippen LogP contribution in [0.4, 0.5) is 0 Å². The molecule has 0 saturated carbocycles. The van der Waals surface area contributed by atoms with Crippen LogP contribution in [0.3, 0.4) is 0 Å². The standard InChI is InChI=1S/C16H24N4/c1-3-11-9-15(17,18)7-5-13(11)14-6-8-16(19,20)10-12(14)4-2/h5-10H,3-4,17-20H2,1-2H3. The highest BCUT2D eigenvalue weighted by Crippen LogP contribution is 2.33. The van der Waals surface area contributed by atoms with E-state index in [1.54, 1.807) is 0 Å². The summed E-state index contributed by atoms with van der Waals surface area (Å²) >= 11 is 0. The normalized spacial score (nSPS) is 27.3. The molecule has 0 aromatic heterocycles. The summed E-state index contributed by atoms with van der Waals surface area (Å²) in [5, 5.41) is 0. The van der Waals surface area contributed by atoms with Crippen LogP contribution in [0, 0.1) is 0 Å². The van der Waals surface area contributed by atoms with Gasteiger partial charge in [0.15, 0.2) is 0 Å². The van der Waals surface area contributed by atoms with Crippen molar-refractivity contribution in [3.05, 3.63) is 58.7 Å². The molecule has 0 atom stereocenters. The second kappa shape index (κ2) is 5.14. The Morgan fingerprint density at radius 1 is 0.750 bits per heavy atom. The van der Waals surface area contributed by atoms with Gasteiger partial charge in [0.1, 0.15) is 11.3 Å². The van der Waals surface area contributed by atoms with Gasteiger partial charge in [0, 0.05) is 0 Å². The Balaban J connectivity index is 2.53. The first-order valence-corrected chi connectivity index (χ1v) is 7.00. The zero-order valence-corrected chi connectivity index (χ0v) is 12.2. The third kappa shape index (κ3) is 2.99. The van der Waals surface area contributed by atoms with Crippen molar-refractivity contribution in [1.82, 2.24) is 0 Å². The van der Waals surface area contributed by atoms with Crippen LogP contribution in [-0.4, -0.2) is 11.3 Å². The van der Waals surface area contributed by atoms with E-state index < -0.39 is 11.3 Å². The molecule has 0 bridgehead atoms. The SMILES string of the molecule is CCC1=CC(N)(N)C=CC1=C1C=CC(N)(N)C=C1CC. The number of nitrogens with two attached hydrogens (primary N) is 4. The van der Waals surface area contributed by atoms with Gasteiger partial charge in [-0.3, -0.25) is 0 Å². The molecular formula is C16H24N4. The molecule has 4 heteroatoms. The lowest BCUT2D eigenvalue weighted by Crippen LogP contribution is -2.47. The number of hydrogen-bond acceptors (Lipinski definition) is 4. The van der Waals surface area contributed by atoms with Crippen LogP contribution in [-0.2, 0) is 0 Å². The summed E-state index contributed by atoms with van der Waals surface area (Å²) in [4.78, 5) is 0. The third-order valence-electron chi connectivity index (χ3n) is 3.67. The van der Waals surface area contributed by atoms with Crippen molar-refractivity contribution in [3.63, 3.8) is 0 Å². The lowest BCUT2D eigenvalue weighted by Gasteiger charge is -2.28. The second-order valence-electron chi connectivity index (χ2n) is 5.54. The molecule has 0 aromatic carbocycles. The number of hydrogen-bond donors (Lipinski definition) is 4. The van der Waals surface area contributed by atoms with E-state index in [9.17, 15) is 0 Å². The Kier molecular flexibility index (Phi) is 3.84. The highest BCUT2D eigenvalue weighted by atomic mass is 14.9. The Morgan fingerprint density at radius 3 is 1.40 bits per heavy atom. The van der Waals surface area contributed by atoms with Gasteiger partial charge < -0.3 is 22.9 Å². The molecule has 0 saturated heterocycles. The van der Waals surface area contributed by atoms with E-state index in [1.165, 1.54) is 0 Å². The average Bonchev–Trinajstić information content (AvgIpc) is 2.37. The third-order valence-corrected chi connectivity index (χ3v) is 3.67. The summed E-state index contributed by atoms with van der Waals surface area (Å²) < 4.78 is 0. The average molecular weight is 272 g/mol. The lowest BCUT2D eigenvalue weighted by molar-refractivity contribution is 0.673. The van der Waals surface area contributed by atoms with Crippen LogP contribution in [0.25, 0.3) is 0 Å². The van der Waals surface area contributed by atoms with Gasteiger partial charge in [-0.15, -0.1) is 0 Å². The van der Waals surface area contributed by atoms with Crippen molar-refractivity contribution in [1.29, 1.82) is 0 Å².